The number of hydrogen-bond donors (Lipinski definition) is 2. The van der Waals surface area contributed by atoms with Crippen LogP contribution in [-0.4, -0.2) is 14.3 Å². The molecule has 0 bridgehead atoms. The van der Waals surface area contributed by atoms with Crippen molar-refractivity contribution >= 4 is 27.5 Å². The molecule has 0 saturated heterocycles. The first kappa shape index (κ1) is 20.1. The minimum atomic E-state index is -3.79. The van der Waals surface area contributed by atoms with Gasteiger partial charge in [0.25, 0.3) is 5.91 Å². The van der Waals surface area contributed by atoms with Crippen LogP contribution < -0.4 is 10.0 Å². The quantitative estimate of drug-likeness (QED) is 0.613. The second kappa shape index (κ2) is 8.60. The van der Waals surface area contributed by atoms with Crippen molar-refractivity contribution in [3.05, 3.63) is 88.3 Å². The summed E-state index contributed by atoms with van der Waals surface area (Å²) < 4.78 is 32.6. The van der Waals surface area contributed by atoms with E-state index in [0.29, 0.717) is 21.9 Å². The lowest BCUT2D eigenvalue weighted by Crippen LogP contribution is -2.26. The molecule has 1 heterocycles. The van der Waals surface area contributed by atoms with Crippen LogP contribution in [0.5, 0.6) is 0 Å². The number of rotatable bonds is 7. The molecular formula is C20H19ClN2O4S. The molecule has 2 aromatic carbocycles. The lowest BCUT2D eigenvalue weighted by atomic mass is 10.1. The summed E-state index contributed by atoms with van der Waals surface area (Å²) >= 11 is 5.95. The highest BCUT2D eigenvalue weighted by Crippen LogP contribution is 2.17. The molecule has 0 unspecified atom stereocenters. The number of furan rings is 1. The predicted octanol–water partition coefficient (Wildman–Crippen LogP) is 3.65. The number of carbonyl (C=O) groups is 1. The van der Waals surface area contributed by atoms with Crippen molar-refractivity contribution < 1.29 is 17.6 Å². The van der Waals surface area contributed by atoms with E-state index in [-0.39, 0.29) is 23.9 Å². The number of benzene rings is 2. The maximum absolute atomic E-state index is 12.6. The van der Waals surface area contributed by atoms with Crippen LogP contribution in [0.2, 0.25) is 5.02 Å². The van der Waals surface area contributed by atoms with Gasteiger partial charge in [0.1, 0.15) is 5.76 Å². The van der Waals surface area contributed by atoms with Gasteiger partial charge in [-0.1, -0.05) is 29.8 Å². The maximum Gasteiger partial charge on any atom is 0.251 e. The van der Waals surface area contributed by atoms with Crippen molar-refractivity contribution in [2.45, 2.75) is 24.9 Å². The molecule has 0 spiro atoms. The average molecular weight is 419 g/mol. The summed E-state index contributed by atoms with van der Waals surface area (Å²) in [5, 5.41) is 3.37. The molecule has 3 aromatic rings. The van der Waals surface area contributed by atoms with Crippen LogP contribution in [0, 0.1) is 6.92 Å². The summed E-state index contributed by atoms with van der Waals surface area (Å²) in [7, 11) is -3.79. The molecule has 0 saturated carbocycles. The van der Waals surface area contributed by atoms with Crippen LogP contribution in [0.25, 0.3) is 0 Å². The zero-order valence-electron chi connectivity index (χ0n) is 15.1. The van der Waals surface area contributed by atoms with Crippen molar-refractivity contribution in [2.24, 2.45) is 0 Å². The minimum absolute atomic E-state index is 0.0116. The highest BCUT2D eigenvalue weighted by atomic mass is 35.5. The normalized spacial score (nSPS) is 11.4. The Bertz CT molecular complexity index is 1080. The SMILES string of the molecule is Cc1ccc(S(=O)(=O)NCc2ccco2)cc1C(=O)NCc1cccc(Cl)c1. The third kappa shape index (κ3) is 5.01. The summed E-state index contributed by atoms with van der Waals surface area (Å²) in [4.78, 5) is 12.6. The van der Waals surface area contributed by atoms with Gasteiger partial charge >= 0.3 is 0 Å². The summed E-state index contributed by atoms with van der Waals surface area (Å²) in [5.41, 5.74) is 1.82. The second-order valence-electron chi connectivity index (χ2n) is 6.19. The van der Waals surface area contributed by atoms with Crippen LogP contribution >= 0.6 is 11.6 Å². The molecule has 1 amide bonds. The van der Waals surface area contributed by atoms with Gasteiger partial charge in [0.05, 0.1) is 17.7 Å². The molecule has 28 heavy (non-hydrogen) atoms. The van der Waals surface area contributed by atoms with E-state index in [4.69, 9.17) is 16.0 Å². The standard InChI is InChI=1S/C20H19ClN2O4S/c1-14-7-8-18(28(25,26)23-13-17-6-3-9-27-17)11-19(14)20(24)22-12-15-4-2-5-16(21)10-15/h2-11,23H,12-13H2,1H3,(H,22,24). The largest absolute Gasteiger partial charge is 0.468 e. The van der Waals surface area contributed by atoms with E-state index in [0.717, 1.165) is 5.56 Å². The van der Waals surface area contributed by atoms with E-state index in [1.807, 2.05) is 6.07 Å². The molecule has 146 valence electrons. The van der Waals surface area contributed by atoms with Crippen LogP contribution in [0.15, 0.2) is 70.2 Å². The predicted molar refractivity (Wildman–Crippen MR) is 107 cm³/mol. The highest BCUT2D eigenvalue weighted by Gasteiger charge is 2.18. The average Bonchev–Trinajstić information content (AvgIpc) is 3.18. The number of aryl methyl sites for hydroxylation is 1. The van der Waals surface area contributed by atoms with Gasteiger partial charge < -0.3 is 9.73 Å². The Kier molecular flexibility index (Phi) is 6.18. The molecule has 3 rings (SSSR count). The fourth-order valence-electron chi connectivity index (χ4n) is 2.60. The lowest BCUT2D eigenvalue weighted by molar-refractivity contribution is 0.0950. The molecule has 8 heteroatoms. The van der Waals surface area contributed by atoms with Gasteiger partial charge in [0.15, 0.2) is 0 Å². The Morgan fingerprint density at radius 2 is 1.89 bits per heavy atom. The first-order valence-electron chi connectivity index (χ1n) is 8.50. The van der Waals surface area contributed by atoms with E-state index < -0.39 is 10.0 Å². The zero-order chi connectivity index (χ0) is 20.1. The summed E-state index contributed by atoms with van der Waals surface area (Å²) in [5.74, 6) is 0.135. The van der Waals surface area contributed by atoms with Crippen molar-refractivity contribution in [1.82, 2.24) is 10.0 Å². The molecule has 0 radical (unpaired) electrons. The van der Waals surface area contributed by atoms with Crippen molar-refractivity contribution in [3.63, 3.8) is 0 Å². The Labute approximate surface area is 168 Å². The number of nitrogens with one attached hydrogen (secondary N) is 2. The maximum atomic E-state index is 12.6. The van der Waals surface area contributed by atoms with Crippen LogP contribution in [0.1, 0.15) is 27.2 Å². The van der Waals surface area contributed by atoms with E-state index in [9.17, 15) is 13.2 Å². The van der Waals surface area contributed by atoms with Crippen LogP contribution in [0.4, 0.5) is 0 Å². The molecule has 2 N–H and O–H groups in total. The van der Waals surface area contributed by atoms with Gasteiger partial charge in [-0.25, -0.2) is 13.1 Å². The number of halogens is 1. The lowest BCUT2D eigenvalue weighted by Gasteiger charge is -2.11. The number of hydrogen-bond acceptors (Lipinski definition) is 4. The van der Waals surface area contributed by atoms with E-state index >= 15 is 0 Å². The molecule has 0 atom stereocenters. The number of sulfonamides is 1. The zero-order valence-corrected chi connectivity index (χ0v) is 16.7. The molecule has 0 aliphatic rings. The van der Waals surface area contributed by atoms with Crippen molar-refractivity contribution in [1.29, 1.82) is 0 Å². The van der Waals surface area contributed by atoms with E-state index in [1.54, 1.807) is 43.3 Å². The third-order valence-electron chi connectivity index (χ3n) is 4.12. The Morgan fingerprint density at radius 3 is 2.61 bits per heavy atom. The Balaban J connectivity index is 1.73. The van der Waals surface area contributed by atoms with E-state index in [2.05, 4.69) is 10.0 Å². The first-order chi connectivity index (χ1) is 13.3. The van der Waals surface area contributed by atoms with Gasteiger partial charge in [-0.3, -0.25) is 4.79 Å². The molecule has 0 fully saturated rings. The smallest absolute Gasteiger partial charge is 0.251 e. The van der Waals surface area contributed by atoms with Crippen molar-refractivity contribution in [2.75, 3.05) is 0 Å². The van der Waals surface area contributed by atoms with Gasteiger partial charge in [0, 0.05) is 17.1 Å². The minimum Gasteiger partial charge on any atom is -0.468 e. The highest BCUT2D eigenvalue weighted by molar-refractivity contribution is 7.89. The van der Waals surface area contributed by atoms with Crippen LogP contribution in [0.3, 0.4) is 0 Å². The molecule has 0 aliphatic heterocycles. The Morgan fingerprint density at radius 1 is 1.07 bits per heavy atom. The van der Waals surface area contributed by atoms with Crippen LogP contribution in [-0.2, 0) is 23.1 Å². The molecule has 1 aromatic heterocycles. The number of carbonyl (C=O) groups excluding carboxylic acids is 1. The topological polar surface area (TPSA) is 88.4 Å². The molecule has 0 aliphatic carbocycles. The van der Waals surface area contributed by atoms with Gasteiger partial charge in [0.2, 0.25) is 10.0 Å². The Hall–Kier alpha value is -2.61. The summed E-state index contributed by atoms with van der Waals surface area (Å²) in [6.45, 7) is 2.06. The van der Waals surface area contributed by atoms with Crippen molar-refractivity contribution in [3.8, 4) is 0 Å². The molecular weight excluding hydrogens is 400 g/mol. The summed E-state index contributed by atoms with van der Waals surface area (Å²) in [6, 6.07) is 14.9. The fourth-order valence-corrected chi connectivity index (χ4v) is 3.83. The monoisotopic (exact) mass is 418 g/mol. The molecule has 6 nitrogen and oxygen atoms in total. The van der Waals surface area contributed by atoms with Gasteiger partial charge in [-0.2, -0.15) is 0 Å². The van der Waals surface area contributed by atoms with Gasteiger partial charge in [-0.15, -0.1) is 0 Å². The number of amides is 1. The second-order valence-corrected chi connectivity index (χ2v) is 8.40. The van der Waals surface area contributed by atoms with E-state index in [1.165, 1.54) is 18.4 Å². The first-order valence-corrected chi connectivity index (χ1v) is 10.4. The summed E-state index contributed by atoms with van der Waals surface area (Å²) in [6.07, 6.45) is 1.47. The van der Waals surface area contributed by atoms with Gasteiger partial charge in [-0.05, 0) is 54.4 Å². The fraction of sp³-hybridized carbons (Fsp3) is 0.150. The third-order valence-corrected chi connectivity index (χ3v) is 5.76.